The lowest BCUT2D eigenvalue weighted by Crippen LogP contribution is -2.45. The Balaban J connectivity index is 1.54. The first-order valence-corrected chi connectivity index (χ1v) is 7.86. The van der Waals surface area contributed by atoms with Crippen molar-refractivity contribution in [3.8, 4) is 0 Å². The van der Waals surface area contributed by atoms with Gasteiger partial charge in [-0.1, -0.05) is 23.7 Å². The van der Waals surface area contributed by atoms with Crippen LogP contribution in [0.15, 0.2) is 42.7 Å². The van der Waals surface area contributed by atoms with E-state index in [0.717, 1.165) is 32.7 Å². The first-order valence-electron chi connectivity index (χ1n) is 7.49. The maximum absolute atomic E-state index is 13.8. The zero-order valence-electron chi connectivity index (χ0n) is 12.4. The molecule has 3 nitrogen and oxygen atoms in total. The Kier molecular flexibility index (Phi) is 5.03. The first kappa shape index (κ1) is 15.4. The monoisotopic (exact) mass is 319 g/mol. The normalized spacial score (nSPS) is 16.8. The van der Waals surface area contributed by atoms with Crippen molar-refractivity contribution >= 4 is 11.6 Å². The van der Waals surface area contributed by atoms with Gasteiger partial charge in [-0.05, 0) is 23.8 Å². The van der Waals surface area contributed by atoms with Gasteiger partial charge in [-0.3, -0.25) is 14.8 Å². The average molecular weight is 320 g/mol. The van der Waals surface area contributed by atoms with Crippen LogP contribution in [-0.2, 0) is 13.1 Å². The molecule has 0 aliphatic carbocycles. The van der Waals surface area contributed by atoms with Gasteiger partial charge in [-0.25, -0.2) is 4.39 Å². The van der Waals surface area contributed by atoms with Crippen molar-refractivity contribution in [3.05, 3.63) is 64.7 Å². The molecule has 1 fully saturated rings. The van der Waals surface area contributed by atoms with E-state index in [9.17, 15) is 4.39 Å². The standard InChI is InChI=1S/C17H19ClFN3/c18-16-4-1-5-17(19)15(16)13-22-9-7-21(8-10-22)12-14-3-2-6-20-11-14/h1-6,11H,7-10,12-13H2. The van der Waals surface area contributed by atoms with Gasteiger partial charge in [0.2, 0.25) is 0 Å². The minimum Gasteiger partial charge on any atom is -0.296 e. The minimum atomic E-state index is -0.217. The fraction of sp³-hybridized carbons (Fsp3) is 0.353. The second kappa shape index (κ2) is 7.18. The minimum absolute atomic E-state index is 0.217. The molecule has 0 atom stereocenters. The van der Waals surface area contributed by atoms with Crippen LogP contribution in [0.4, 0.5) is 4.39 Å². The first-order chi connectivity index (χ1) is 10.7. The molecule has 0 bridgehead atoms. The fourth-order valence-corrected chi connectivity index (χ4v) is 2.99. The van der Waals surface area contributed by atoms with Crippen LogP contribution in [0.2, 0.25) is 5.02 Å². The molecule has 116 valence electrons. The summed E-state index contributed by atoms with van der Waals surface area (Å²) in [6.45, 7) is 5.28. The summed E-state index contributed by atoms with van der Waals surface area (Å²) >= 11 is 6.10. The third kappa shape index (κ3) is 3.83. The molecule has 2 aromatic rings. The van der Waals surface area contributed by atoms with E-state index in [2.05, 4.69) is 20.9 Å². The van der Waals surface area contributed by atoms with E-state index in [0.29, 0.717) is 17.1 Å². The molecule has 22 heavy (non-hydrogen) atoms. The zero-order chi connectivity index (χ0) is 15.4. The molecule has 1 aliphatic rings. The Morgan fingerprint density at radius 2 is 1.73 bits per heavy atom. The van der Waals surface area contributed by atoms with E-state index < -0.39 is 0 Å². The molecule has 1 aromatic heterocycles. The lowest BCUT2D eigenvalue weighted by atomic mass is 10.1. The summed E-state index contributed by atoms with van der Waals surface area (Å²) < 4.78 is 13.8. The van der Waals surface area contributed by atoms with Gasteiger partial charge in [0, 0.05) is 62.2 Å². The van der Waals surface area contributed by atoms with E-state index >= 15 is 0 Å². The maximum Gasteiger partial charge on any atom is 0.129 e. The van der Waals surface area contributed by atoms with Crippen molar-refractivity contribution < 1.29 is 4.39 Å². The molecule has 0 spiro atoms. The Labute approximate surface area is 135 Å². The van der Waals surface area contributed by atoms with Crippen LogP contribution < -0.4 is 0 Å². The van der Waals surface area contributed by atoms with Crippen LogP contribution in [0.25, 0.3) is 0 Å². The van der Waals surface area contributed by atoms with Crippen molar-refractivity contribution in [1.82, 2.24) is 14.8 Å². The maximum atomic E-state index is 13.8. The highest BCUT2D eigenvalue weighted by molar-refractivity contribution is 6.31. The number of benzene rings is 1. The molecule has 1 aromatic carbocycles. The van der Waals surface area contributed by atoms with Crippen LogP contribution >= 0.6 is 11.6 Å². The van der Waals surface area contributed by atoms with E-state index in [1.807, 2.05) is 12.3 Å². The van der Waals surface area contributed by atoms with Gasteiger partial charge in [-0.2, -0.15) is 0 Å². The summed E-state index contributed by atoms with van der Waals surface area (Å²) in [6.07, 6.45) is 3.70. The van der Waals surface area contributed by atoms with Gasteiger partial charge in [0.15, 0.2) is 0 Å². The van der Waals surface area contributed by atoms with Gasteiger partial charge < -0.3 is 0 Å². The fourth-order valence-electron chi connectivity index (χ4n) is 2.76. The Bertz CT molecular complexity index is 592. The Hall–Kier alpha value is -1.49. The molecule has 1 saturated heterocycles. The van der Waals surface area contributed by atoms with Gasteiger partial charge in [-0.15, -0.1) is 0 Å². The molecular formula is C17H19ClFN3. The number of aromatic nitrogens is 1. The lowest BCUT2D eigenvalue weighted by Gasteiger charge is -2.34. The summed E-state index contributed by atoms with van der Waals surface area (Å²) in [5, 5.41) is 0.512. The van der Waals surface area contributed by atoms with E-state index in [1.54, 1.807) is 18.3 Å². The number of piperazine rings is 1. The smallest absolute Gasteiger partial charge is 0.129 e. The van der Waals surface area contributed by atoms with Crippen molar-refractivity contribution in [2.45, 2.75) is 13.1 Å². The molecule has 0 radical (unpaired) electrons. The second-order valence-electron chi connectivity index (χ2n) is 5.61. The van der Waals surface area contributed by atoms with Crippen LogP contribution in [0.1, 0.15) is 11.1 Å². The molecule has 0 unspecified atom stereocenters. The SMILES string of the molecule is Fc1cccc(Cl)c1CN1CCN(Cc2cccnc2)CC1. The highest BCUT2D eigenvalue weighted by Crippen LogP contribution is 2.21. The second-order valence-corrected chi connectivity index (χ2v) is 6.02. The largest absolute Gasteiger partial charge is 0.296 e. The Morgan fingerprint density at radius 3 is 2.36 bits per heavy atom. The van der Waals surface area contributed by atoms with E-state index in [1.165, 1.54) is 11.6 Å². The predicted molar refractivity (Wildman–Crippen MR) is 86.2 cm³/mol. The molecule has 0 amide bonds. The predicted octanol–water partition coefficient (Wildman–Crippen LogP) is 3.19. The van der Waals surface area contributed by atoms with E-state index in [-0.39, 0.29) is 5.82 Å². The quantitative estimate of drug-likeness (QED) is 0.863. The van der Waals surface area contributed by atoms with Crippen LogP contribution in [-0.4, -0.2) is 41.0 Å². The number of nitrogens with zero attached hydrogens (tertiary/aromatic N) is 3. The summed E-state index contributed by atoms with van der Waals surface area (Å²) in [7, 11) is 0. The van der Waals surface area contributed by atoms with Gasteiger partial charge in [0.05, 0.1) is 0 Å². The summed E-state index contributed by atoms with van der Waals surface area (Å²) in [5.74, 6) is -0.217. The number of hydrogen-bond acceptors (Lipinski definition) is 3. The van der Waals surface area contributed by atoms with Gasteiger partial charge in [0.25, 0.3) is 0 Å². The van der Waals surface area contributed by atoms with Crippen molar-refractivity contribution in [2.75, 3.05) is 26.2 Å². The summed E-state index contributed by atoms with van der Waals surface area (Å²) in [6, 6.07) is 8.93. The third-order valence-electron chi connectivity index (χ3n) is 4.04. The van der Waals surface area contributed by atoms with E-state index in [4.69, 9.17) is 11.6 Å². The number of halogens is 2. The molecule has 0 N–H and O–H groups in total. The lowest BCUT2D eigenvalue weighted by molar-refractivity contribution is 0.121. The molecule has 3 rings (SSSR count). The number of rotatable bonds is 4. The summed E-state index contributed by atoms with van der Waals surface area (Å²) in [5.41, 5.74) is 1.83. The van der Waals surface area contributed by atoms with Crippen LogP contribution in [0, 0.1) is 5.82 Å². The van der Waals surface area contributed by atoms with Crippen LogP contribution in [0.5, 0.6) is 0 Å². The zero-order valence-corrected chi connectivity index (χ0v) is 13.1. The third-order valence-corrected chi connectivity index (χ3v) is 4.39. The molecule has 0 saturated carbocycles. The van der Waals surface area contributed by atoms with Gasteiger partial charge >= 0.3 is 0 Å². The topological polar surface area (TPSA) is 19.4 Å². The number of pyridine rings is 1. The molecule has 1 aliphatic heterocycles. The molecular weight excluding hydrogens is 301 g/mol. The molecule has 5 heteroatoms. The highest BCUT2D eigenvalue weighted by atomic mass is 35.5. The Morgan fingerprint density at radius 1 is 1.00 bits per heavy atom. The average Bonchev–Trinajstić information content (AvgIpc) is 2.54. The highest BCUT2D eigenvalue weighted by Gasteiger charge is 2.19. The van der Waals surface area contributed by atoms with Crippen molar-refractivity contribution in [3.63, 3.8) is 0 Å². The van der Waals surface area contributed by atoms with Crippen molar-refractivity contribution in [2.24, 2.45) is 0 Å². The number of hydrogen-bond donors (Lipinski definition) is 0. The van der Waals surface area contributed by atoms with Crippen molar-refractivity contribution in [1.29, 1.82) is 0 Å². The van der Waals surface area contributed by atoms with Gasteiger partial charge in [0.1, 0.15) is 5.82 Å². The molecule has 2 heterocycles. The summed E-state index contributed by atoms with van der Waals surface area (Å²) in [4.78, 5) is 8.80. The van der Waals surface area contributed by atoms with Crippen LogP contribution in [0.3, 0.4) is 0 Å².